The maximum absolute atomic E-state index is 2.78. The van der Waals surface area contributed by atoms with Gasteiger partial charge in [-0.2, -0.15) is 0 Å². The van der Waals surface area contributed by atoms with Crippen molar-refractivity contribution in [1.82, 2.24) is 4.90 Å². The SMILES string of the molecule is CC[C@H]1CC[C@](C)(N2CCCC2)CC1(C)C. The molecule has 0 spiro atoms. The summed E-state index contributed by atoms with van der Waals surface area (Å²) in [6.45, 7) is 12.6. The fourth-order valence-electron chi connectivity index (χ4n) is 4.37. The van der Waals surface area contributed by atoms with E-state index in [1.54, 1.807) is 0 Å². The third kappa shape index (κ3) is 2.16. The molecule has 2 atom stereocenters. The van der Waals surface area contributed by atoms with Gasteiger partial charge in [0.2, 0.25) is 0 Å². The van der Waals surface area contributed by atoms with Crippen LogP contribution in [0.25, 0.3) is 0 Å². The second kappa shape index (κ2) is 4.33. The lowest BCUT2D eigenvalue weighted by Gasteiger charge is -2.52. The molecule has 1 heterocycles. The molecule has 1 heteroatoms. The van der Waals surface area contributed by atoms with Crippen molar-refractivity contribution in [3.05, 3.63) is 0 Å². The summed E-state index contributed by atoms with van der Waals surface area (Å²) in [4.78, 5) is 2.78. The first-order valence-electron chi connectivity index (χ1n) is 7.23. The van der Waals surface area contributed by atoms with E-state index < -0.39 is 0 Å². The van der Waals surface area contributed by atoms with E-state index in [9.17, 15) is 0 Å². The van der Waals surface area contributed by atoms with Crippen LogP contribution < -0.4 is 0 Å². The zero-order valence-electron chi connectivity index (χ0n) is 11.7. The number of rotatable bonds is 2. The van der Waals surface area contributed by atoms with Crippen LogP contribution in [0.3, 0.4) is 0 Å². The molecule has 2 aliphatic rings. The van der Waals surface area contributed by atoms with E-state index in [0.717, 1.165) is 5.92 Å². The van der Waals surface area contributed by atoms with Gasteiger partial charge < -0.3 is 0 Å². The summed E-state index contributed by atoms with van der Waals surface area (Å²) in [7, 11) is 0. The molecule has 0 amide bonds. The van der Waals surface area contributed by atoms with Crippen molar-refractivity contribution in [3.8, 4) is 0 Å². The monoisotopic (exact) mass is 223 g/mol. The molecule has 1 saturated carbocycles. The van der Waals surface area contributed by atoms with Gasteiger partial charge in [0.15, 0.2) is 0 Å². The van der Waals surface area contributed by atoms with Crippen LogP contribution in [0.5, 0.6) is 0 Å². The van der Waals surface area contributed by atoms with Crippen LogP contribution in [0, 0.1) is 11.3 Å². The Morgan fingerprint density at radius 2 is 1.75 bits per heavy atom. The van der Waals surface area contributed by atoms with Gasteiger partial charge in [-0.1, -0.05) is 27.2 Å². The van der Waals surface area contributed by atoms with Gasteiger partial charge in [0.05, 0.1) is 0 Å². The molecule has 94 valence electrons. The van der Waals surface area contributed by atoms with Crippen LogP contribution in [0.15, 0.2) is 0 Å². The fraction of sp³-hybridized carbons (Fsp3) is 1.00. The average Bonchev–Trinajstić information content (AvgIpc) is 2.69. The van der Waals surface area contributed by atoms with Crippen molar-refractivity contribution in [2.75, 3.05) is 13.1 Å². The Kier molecular flexibility index (Phi) is 3.36. The van der Waals surface area contributed by atoms with E-state index in [0.29, 0.717) is 11.0 Å². The van der Waals surface area contributed by atoms with E-state index in [4.69, 9.17) is 0 Å². The van der Waals surface area contributed by atoms with Crippen LogP contribution in [-0.4, -0.2) is 23.5 Å². The van der Waals surface area contributed by atoms with Crippen LogP contribution in [0.1, 0.15) is 66.2 Å². The number of hydrogen-bond acceptors (Lipinski definition) is 1. The van der Waals surface area contributed by atoms with Crippen molar-refractivity contribution >= 4 is 0 Å². The van der Waals surface area contributed by atoms with Crippen LogP contribution in [0.4, 0.5) is 0 Å². The Morgan fingerprint density at radius 3 is 2.25 bits per heavy atom. The first kappa shape index (κ1) is 12.4. The predicted molar refractivity (Wildman–Crippen MR) is 70.6 cm³/mol. The van der Waals surface area contributed by atoms with Gasteiger partial charge in [-0.15, -0.1) is 0 Å². The van der Waals surface area contributed by atoms with Gasteiger partial charge in [-0.3, -0.25) is 4.90 Å². The second-order valence-electron chi connectivity index (χ2n) is 7.00. The molecule has 2 fully saturated rings. The summed E-state index contributed by atoms with van der Waals surface area (Å²) in [5.41, 5.74) is 1.05. The highest BCUT2D eigenvalue weighted by Gasteiger charge is 2.45. The molecule has 0 unspecified atom stereocenters. The zero-order valence-corrected chi connectivity index (χ0v) is 11.7. The topological polar surface area (TPSA) is 3.24 Å². The highest BCUT2D eigenvalue weighted by Crippen LogP contribution is 2.49. The zero-order chi connectivity index (χ0) is 11.8. The Labute approximate surface area is 102 Å². The molecule has 16 heavy (non-hydrogen) atoms. The van der Waals surface area contributed by atoms with Gasteiger partial charge in [0, 0.05) is 5.54 Å². The molecular weight excluding hydrogens is 194 g/mol. The van der Waals surface area contributed by atoms with E-state index >= 15 is 0 Å². The molecule has 0 aromatic carbocycles. The van der Waals surface area contributed by atoms with E-state index in [1.165, 1.54) is 51.6 Å². The van der Waals surface area contributed by atoms with Crippen molar-refractivity contribution in [3.63, 3.8) is 0 Å². The molecule has 1 aliphatic carbocycles. The average molecular weight is 223 g/mol. The number of hydrogen-bond donors (Lipinski definition) is 0. The summed E-state index contributed by atoms with van der Waals surface area (Å²) in [5.74, 6) is 0.947. The highest BCUT2D eigenvalue weighted by molar-refractivity contribution is 4.99. The van der Waals surface area contributed by atoms with E-state index in [1.807, 2.05) is 0 Å². The minimum Gasteiger partial charge on any atom is -0.298 e. The van der Waals surface area contributed by atoms with Gasteiger partial charge >= 0.3 is 0 Å². The summed E-state index contributed by atoms with van der Waals surface area (Å²) >= 11 is 0. The first-order valence-corrected chi connectivity index (χ1v) is 7.23. The number of nitrogens with zero attached hydrogens (tertiary/aromatic N) is 1. The van der Waals surface area contributed by atoms with Gasteiger partial charge in [-0.25, -0.2) is 0 Å². The lowest BCUT2D eigenvalue weighted by Crippen LogP contribution is -2.52. The molecule has 0 N–H and O–H groups in total. The molecule has 0 aromatic heterocycles. The molecule has 1 aliphatic heterocycles. The van der Waals surface area contributed by atoms with Crippen LogP contribution in [0.2, 0.25) is 0 Å². The minimum absolute atomic E-state index is 0.506. The molecule has 0 bridgehead atoms. The summed E-state index contributed by atoms with van der Waals surface area (Å²) < 4.78 is 0. The first-order chi connectivity index (χ1) is 7.48. The smallest absolute Gasteiger partial charge is 0.0186 e. The van der Waals surface area contributed by atoms with Crippen molar-refractivity contribution in [1.29, 1.82) is 0 Å². The van der Waals surface area contributed by atoms with Crippen LogP contribution >= 0.6 is 0 Å². The van der Waals surface area contributed by atoms with Crippen molar-refractivity contribution in [2.45, 2.75) is 71.8 Å². The molecule has 0 radical (unpaired) electrons. The third-order valence-electron chi connectivity index (χ3n) is 5.34. The van der Waals surface area contributed by atoms with Gasteiger partial charge in [-0.05, 0) is 63.5 Å². The summed E-state index contributed by atoms with van der Waals surface area (Å²) in [5, 5.41) is 0. The third-order valence-corrected chi connectivity index (χ3v) is 5.34. The van der Waals surface area contributed by atoms with Gasteiger partial charge in [0.25, 0.3) is 0 Å². The van der Waals surface area contributed by atoms with Crippen LogP contribution in [-0.2, 0) is 0 Å². The van der Waals surface area contributed by atoms with E-state index in [2.05, 4.69) is 32.6 Å². The normalized spacial score (nSPS) is 40.1. The minimum atomic E-state index is 0.506. The lowest BCUT2D eigenvalue weighted by molar-refractivity contribution is -0.00515. The molecular formula is C15H29N. The summed E-state index contributed by atoms with van der Waals surface area (Å²) in [6.07, 6.45) is 8.48. The largest absolute Gasteiger partial charge is 0.298 e. The van der Waals surface area contributed by atoms with Crippen molar-refractivity contribution < 1.29 is 0 Å². The molecule has 1 saturated heterocycles. The Hall–Kier alpha value is -0.0400. The van der Waals surface area contributed by atoms with Crippen molar-refractivity contribution in [2.24, 2.45) is 11.3 Å². The second-order valence-corrected chi connectivity index (χ2v) is 7.00. The Morgan fingerprint density at radius 1 is 1.12 bits per heavy atom. The molecule has 0 aromatic rings. The Balaban J connectivity index is 2.08. The van der Waals surface area contributed by atoms with E-state index in [-0.39, 0.29) is 0 Å². The molecule has 2 rings (SSSR count). The maximum atomic E-state index is 2.78. The standard InChI is InChI=1S/C15H29N/c1-5-13-8-9-15(4,12-14(13,2)3)16-10-6-7-11-16/h13H,5-12H2,1-4H3/t13-,15-/m0/s1. The molecule has 1 nitrogen and oxygen atoms in total. The number of likely N-dealkylation sites (tertiary alicyclic amines) is 1. The summed E-state index contributed by atoms with van der Waals surface area (Å²) in [6, 6.07) is 0. The lowest BCUT2D eigenvalue weighted by atomic mass is 9.61. The fourth-order valence-corrected chi connectivity index (χ4v) is 4.37. The Bertz CT molecular complexity index is 240. The quantitative estimate of drug-likeness (QED) is 0.682. The predicted octanol–water partition coefficient (Wildman–Crippen LogP) is 4.08. The highest BCUT2D eigenvalue weighted by atomic mass is 15.2. The van der Waals surface area contributed by atoms with Gasteiger partial charge in [0.1, 0.15) is 0 Å². The maximum Gasteiger partial charge on any atom is 0.0186 e.